The largest absolute Gasteiger partial charge is 0.438 e. The maximum absolute atomic E-state index is 12.8. The van der Waals surface area contributed by atoms with Crippen LogP contribution in [0.5, 0.6) is 11.6 Å². The lowest BCUT2D eigenvalue weighted by Crippen LogP contribution is -2.11. The molecule has 112 valence electrons. The van der Waals surface area contributed by atoms with Crippen LogP contribution in [0.4, 0.5) is 19.1 Å². The van der Waals surface area contributed by atoms with E-state index in [9.17, 15) is 13.2 Å². The Morgan fingerprint density at radius 3 is 2.48 bits per heavy atom. The molecule has 2 rings (SSSR count). The molecule has 2 aromatic rings. The first-order chi connectivity index (χ1) is 9.79. The smallest absolute Gasteiger partial charge is 0.433 e. The van der Waals surface area contributed by atoms with Gasteiger partial charge in [0.1, 0.15) is 5.75 Å². The second kappa shape index (κ2) is 5.88. The Morgan fingerprint density at radius 1 is 1.19 bits per heavy atom. The molecule has 1 aromatic carbocycles. The van der Waals surface area contributed by atoms with Crippen molar-refractivity contribution in [2.45, 2.75) is 13.1 Å². The maximum atomic E-state index is 12.8. The molecule has 0 unspecified atom stereocenters. The third kappa shape index (κ3) is 3.84. The summed E-state index contributed by atoms with van der Waals surface area (Å²) in [6.45, 7) is 1.89. The van der Waals surface area contributed by atoms with Crippen LogP contribution in [0.15, 0.2) is 28.7 Å². The topological polar surface area (TPSA) is 47.0 Å². The number of hydrogen-bond acceptors (Lipinski definition) is 4. The van der Waals surface area contributed by atoms with E-state index in [-0.39, 0.29) is 11.8 Å². The van der Waals surface area contributed by atoms with E-state index in [1.165, 1.54) is 7.05 Å². The molecule has 4 nitrogen and oxygen atoms in total. The second-order valence-corrected chi connectivity index (χ2v) is 5.05. The summed E-state index contributed by atoms with van der Waals surface area (Å²) in [7, 11) is 1.43. The third-order valence-corrected chi connectivity index (χ3v) is 3.14. The van der Waals surface area contributed by atoms with Crippen LogP contribution < -0.4 is 10.1 Å². The second-order valence-electron chi connectivity index (χ2n) is 4.20. The standard InChI is InChI=1S/C13H11BrF3N3O/c1-7-3-4-9(8(14)5-7)21-11-6-10(13(15,16)17)19-12(18-2)20-11/h3-6H,1-2H3,(H,18,19,20). The Labute approximate surface area is 127 Å². The summed E-state index contributed by atoms with van der Waals surface area (Å²) in [4.78, 5) is 7.22. The quantitative estimate of drug-likeness (QED) is 0.879. The van der Waals surface area contributed by atoms with E-state index < -0.39 is 11.9 Å². The lowest BCUT2D eigenvalue weighted by atomic mass is 10.2. The van der Waals surface area contributed by atoms with E-state index in [2.05, 4.69) is 31.2 Å². The van der Waals surface area contributed by atoms with E-state index in [1.54, 1.807) is 18.2 Å². The van der Waals surface area contributed by atoms with Gasteiger partial charge in [0.25, 0.3) is 0 Å². The Bertz CT molecular complexity index is 662. The summed E-state index contributed by atoms with van der Waals surface area (Å²) in [5.41, 5.74) is -0.0797. The zero-order chi connectivity index (χ0) is 15.6. The highest BCUT2D eigenvalue weighted by atomic mass is 79.9. The molecule has 21 heavy (non-hydrogen) atoms. The number of rotatable bonds is 3. The zero-order valence-electron chi connectivity index (χ0n) is 11.1. The average Bonchev–Trinajstić information content (AvgIpc) is 2.40. The number of nitrogens with zero attached hydrogens (tertiary/aromatic N) is 2. The van der Waals surface area contributed by atoms with Crippen molar-refractivity contribution in [1.82, 2.24) is 9.97 Å². The average molecular weight is 362 g/mol. The molecule has 0 fully saturated rings. The third-order valence-electron chi connectivity index (χ3n) is 2.52. The molecule has 0 radical (unpaired) electrons. The van der Waals surface area contributed by atoms with Crippen molar-refractivity contribution in [2.75, 3.05) is 12.4 Å². The number of aromatic nitrogens is 2. The molecule has 0 aliphatic carbocycles. The molecular weight excluding hydrogens is 351 g/mol. The predicted octanol–water partition coefficient (Wildman–Crippen LogP) is 4.40. The van der Waals surface area contributed by atoms with Gasteiger partial charge in [-0.15, -0.1) is 0 Å². The monoisotopic (exact) mass is 361 g/mol. The first-order valence-corrected chi connectivity index (χ1v) is 6.67. The number of benzene rings is 1. The van der Waals surface area contributed by atoms with Crippen LogP contribution in [0.3, 0.4) is 0 Å². The molecule has 0 amide bonds. The fourth-order valence-electron chi connectivity index (χ4n) is 1.54. The number of alkyl halides is 3. The van der Waals surface area contributed by atoms with E-state index in [0.29, 0.717) is 10.2 Å². The molecule has 0 aliphatic heterocycles. The molecule has 1 heterocycles. The minimum Gasteiger partial charge on any atom is -0.438 e. The minimum atomic E-state index is -4.57. The number of aryl methyl sites for hydroxylation is 1. The van der Waals surface area contributed by atoms with Gasteiger partial charge >= 0.3 is 6.18 Å². The Morgan fingerprint density at radius 2 is 1.90 bits per heavy atom. The molecule has 8 heteroatoms. The van der Waals surface area contributed by atoms with Crippen molar-refractivity contribution in [3.05, 3.63) is 40.0 Å². The summed E-state index contributed by atoms with van der Waals surface area (Å²) in [5, 5.41) is 2.48. The first kappa shape index (κ1) is 15.6. The van der Waals surface area contributed by atoms with E-state index in [1.807, 2.05) is 6.92 Å². The first-order valence-electron chi connectivity index (χ1n) is 5.87. The maximum Gasteiger partial charge on any atom is 0.433 e. The summed E-state index contributed by atoms with van der Waals surface area (Å²) in [6, 6.07) is 5.98. The molecule has 1 aromatic heterocycles. The summed E-state index contributed by atoms with van der Waals surface area (Å²) in [5.74, 6) is 0.0174. The molecule has 0 atom stereocenters. The highest BCUT2D eigenvalue weighted by Crippen LogP contribution is 2.33. The van der Waals surface area contributed by atoms with Gasteiger partial charge in [-0.1, -0.05) is 6.07 Å². The predicted molar refractivity (Wildman–Crippen MR) is 75.5 cm³/mol. The van der Waals surface area contributed by atoms with Gasteiger partial charge in [0.05, 0.1) is 4.47 Å². The Balaban J connectivity index is 2.39. The number of hydrogen-bond donors (Lipinski definition) is 1. The van der Waals surface area contributed by atoms with Gasteiger partial charge < -0.3 is 10.1 Å². The molecule has 0 aliphatic rings. The van der Waals surface area contributed by atoms with Crippen molar-refractivity contribution in [3.8, 4) is 11.6 Å². The molecule has 0 saturated carbocycles. The number of ether oxygens (including phenoxy) is 1. The molecular formula is C13H11BrF3N3O. The van der Waals surface area contributed by atoms with Crippen molar-refractivity contribution >= 4 is 21.9 Å². The Kier molecular flexibility index (Phi) is 4.36. The molecule has 0 spiro atoms. The number of nitrogens with one attached hydrogen (secondary N) is 1. The highest BCUT2D eigenvalue weighted by molar-refractivity contribution is 9.10. The van der Waals surface area contributed by atoms with Gasteiger partial charge in [0.15, 0.2) is 5.69 Å². The van der Waals surface area contributed by atoms with Gasteiger partial charge in [-0.2, -0.15) is 18.2 Å². The van der Waals surface area contributed by atoms with Crippen LogP contribution in [0, 0.1) is 6.92 Å². The lowest BCUT2D eigenvalue weighted by Gasteiger charge is -2.11. The van der Waals surface area contributed by atoms with E-state index in [0.717, 1.165) is 11.6 Å². The Hall–Kier alpha value is -1.83. The highest BCUT2D eigenvalue weighted by Gasteiger charge is 2.34. The summed E-state index contributed by atoms with van der Waals surface area (Å²) < 4.78 is 44.3. The van der Waals surface area contributed by atoms with Gasteiger partial charge in [-0.3, -0.25) is 0 Å². The minimum absolute atomic E-state index is 0.164. The fraction of sp³-hybridized carbons (Fsp3) is 0.231. The molecule has 0 saturated heterocycles. The van der Waals surface area contributed by atoms with Crippen molar-refractivity contribution in [3.63, 3.8) is 0 Å². The fourth-order valence-corrected chi connectivity index (χ4v) is 2.11. The van der Waals surface area contributed by atoms with Gasteiger partial charge in [0, 0.05) is 13.1 Å². The van der Waals surface area contributed by atoms with Crippen LogP contribution in [0.25, 0.3) is 0 Å². The molecule has 0 bridgehead atoms. The van der Waals surface area contributed by atoms with Crippen LogP contribution in [0.2, 0.25) is 0 Å². The number of halogens is 4. The van der Waals surface area contributed by atoms with Gasteiger partial charge in [-0.25, -0.2) is 4.98 Å². The normalized spacial score (nSPS) is 11.3. The van der Waals surface area contributed by atoms with E-state index >= 15 is 0 Å². The summed E-state index contributed by atoms with van der Waals surface area (Å²) in [6.07, 6.45) is -4.57. The lowest BCUT2D eigenvalue weighted by molar-refractivity contribution is -0.141. The molecule has 1 N–H and O–H groups in total. The van der Waals surface area contributed by atoms with Crippen molar-refractivity contribution in [1.29, 1.82) is 0 Å². The summed E-state index contributed by atoms with van der Waals surface area (Å²) >= 11 is 3.29. The van der Waals surface area contributed by atoms with E-state index in [4.69, 9.17) is 4.74 Å². The zero-order valence-corrected chi connectivity index (χ0v) is 12.7. The van der Waals surface area contributed by atoms with Crippen LogP contribution >= 0.6 is 15.9 Å². The van der Waals surface area contributed by atoms with Gasteiger partial charge in [0.2, 0.25) is 11.8 Å². The van der Waals surface area contributed by atoms with Gasteiger partial charge in [-0.05, 0) is 40.5 Å². The SMILES string of the molecule is CNc1nc(Oc2ccc(C)cc2Br)cc(C(F)(F)F)n1. The van der Waals surface area contributed by atoms with Crippen LogP contribution in [-0.4, -0.2) is 17.0 Å². The number of anilines is 1. The van der Waals surface area contributed by atoms with Crippen LogP contribution in [-0.2, 0) is 6.18 Å². The van der Waals surface area contributed by atoms with Crippen LogP contribution in [0.1, 0.15) is 11.3 Å². The van der Waals surface area contributed by atoms with Crippen molar-refractivity contribution < 1.29 is 17.9 Å². The van der Waals surface area contributed by atoms with Crippen molar-refractivity contribution in [2.24, 2.45) is 0 Å².